The number of sulfonamides is 1. The van der Waals surface area contributed by atoms with Crippen LogP contribution in [0.1, 0.15) is 25.8 Å². The van der Waals surface area contributed by atoms with Crippen LogP contribution in [-0.4, -0.2) is 27.5 Å². The van der Waals surface area contributed by atoms with Crippen molar-refractivity contribution in [1.82, 2.24) is 4.72 Å². The number of alkyl halides is 1. The summed E-state index contributed by atoms with van der Waals surface area (Å²) in [4.78, 5) is 11.8. The highest BCUT2D eigenvalue weighted by Crippen LogP contribution is 2.15. The highest BCUT2D eigenvalue weighted by Gasteiger charge is 2.27. The molecule has 1 atom stereocenters. The summed E-state index contributed by atoms with van der Waals surface area (Å²) in [5, 5.41) is 0.652. The van der Waals surface area contributed by atoms with Gasteiger partial charge < -0.3 is 4.74 Å². The third-order valence-corrected chi connectivity index (χ3v) is 5.01. The summed E-state index contributed by atoms with van der Waals surface area (Å²) in [5.74, 6) is -0.420. The number of carbonyl (C=O) groups is 1. The van der Waals surface area contributed by atoms with Gasteiger partial charge in [-0.1, -0.05) is 41.9 Å². The summed E-state index contributed by atoms with van der Waals surface area (Å²) >= 11 is 3.30. The van der Waals surface area contributed by atoms with E-state index in [9.17, 15) is 13.2 Å². The molecule has 118 valence electrons. The van der Waals surface area contributed by atoms with Crippen molar-refractivity contribution in [3.63, 3.8) is 0 Å². The van der Waals surface area contributed by atoms with Gasteiger partial charge >= 0.3 is 5.97 Å². The van der Waals surface area contributed by atoms with Gasteiger partial charge in [0, 0.05) is 5.33 Å². The fourth-order valence-electron chi connectivity index (χ4n) is 1.82. The van der Waals surface area contributed by atoms with Gasteiger partial charge in [0.2, 0.25) is 10.0 Å². The molecule has 7 heteroatoms. The Morgan fingerprint density at radius 3 is 2.29 bits per heavy atom. The van der Waals surface area contributed by atoms with Crippen molar-refractivity contribution in [2.45, 2.75) is 36.5 Å². The van der Waals surface area contributed by atoms with Gasteiger partial charge in [-0.3, -0.25) is 4.79 Å². The molecule has 21 heavy (non-hydrogen) atoms. The largest absolute Gasteiger partial charge is 0.468 e. The molecule has 0 saturated carbocycles. The highest BCUT2D eigenvalue weighted by molar-refractivity contribution is 9.08. The number of nitrogens with one attached hydrogen (secondary N) is 1. The molecule has 0 heterocycles. The van der Waals surface area contributed by atoms with E-state index >= 15 is 0 Å². The quantitative estimate of drug-likeness (QED) is 0.584. The first-order chi connectivity index (χ1) is 9.80. The zero-order valence-corrected chi connectivity index (χ0v) is 14.7. The van der Waals surface area contributed by atoms with Gasteiger partial charge in [-0.15, -0.1) is 0 Å². The summed E-state index contributed by atoms with van der Waals surface area (Å²) < 4.78 is 31.7. The number of esters is 1. The Labute approximate surface area is 134 Å². The van der Waals surface area contributed by atoms with E-state index in [1.807, 2.05) is 13.8 Å². The van der Waals surface area contributed by atoms with Crippen molar-refractivity contribution in [3.8, 4) is 0 Å². The first-order valence-electron chi connectivity index (χ1n) is 6.55. The normalized spacial score (nSPS) is 13.2. The summed E-state index contributed by atoms with van der Waals surface area (Å²) in [7, 11) is -2.51. The van der Waals surface area contributed by atoms with Gasteiger partial charge in [0.25, 0.3) is 0 Å². The highest BCUT2D eigenvalue weighted by atomic mass is 79.9. The second-order valence-corrected chi connectivity index (χ2v) is 7.38. The van der Waals surface area contributed by atoms with E-state index in [0.29, 0.717) is 11.8 Å². The smallest absolute Gasteiger partial charge is 0.323 e. The number of hydrogen-bond acceptors (Lipinski definition) is 4. The van der Waals surface area contributed by atoms with Crippen molar-refractivity contribution in [1.29, 1.82) is 0 Å². The molecule has 1 rings (SSSR count). The fourth-order valence-corrected chi connectivity index (χ4v) is 3.39. The van der Waals surface area contributed by atoms with E-state index in [0.717, 1.165) is 5.56 Å². The third kappa shape index (κ3) is 5.41. The van der Waals surface area contributed by atoms with Gasteiger partial charge in [0.15, 0.2) is 0 Å². The minimum absolute atomic E-state index is 0.129. The Bertz CT molecular complexity index is 569. The fraction of sp³-hybridized carbons (Fsp3) is 0.500. The van der Waals surface area contributed by atoms with Gasteiger partial charge in [-0.2, -0.15) is 4.72 Å². The molecule has 0 aliphatic heterocycles. The molecule has 0 aromatic heterocycles. The topological polar surface area (TPSA) is 72.5 Å². The minimum atomic E-state index is -3.75. The number of carbonyl (C=O) groups excluding carboxylic acids is 1. The van der Waals surface area contributed by atoms with Gasteiger partial charge in [-0.05, 0) is 30.0 Å². The zero-order chi connectivity index (χ0) is 16.0. The number of benzene rings is 1. The van der Waals surface area contributed by atoms with Crippen LogP contribution < -0.4 is 4.72 Å². The molecule has 0 saturated heterocycles. The maximum atomic E-state index is 12.3. The maximum absolute atomic E-state index is 12.3. The summed E-state index contributed by atoms with van der Waals surface area (Å²) in [6.07, 6.45) is 0.380. The van der Waals surface area contributed by atoms with Crippen LogP contribution in [0, 0.1) is 5.92 Å². The molecule has 1 aromatic rings. The van der Waals surface area contributed by atoms with Crippen molar-refractivity contribution >= 4 is 31.9 Å². The van der Waals surface area contributed by atoms with Gasteiger partial charge in [0.05, 0.1) is 12.0 Å². The zero-order valence-electron chi connectivity index (χ0n) is 12.3. The van der Waals surface area contributed by atoms with E-state index in [1.54, 1.807) is 12.1 Å². The Kier molecular flexibility index (Phi) is 6.83. The Morgan fingerprint density at radius 2 is 1.86 bits per heavy atom. The van der Waals surface area contributed by atoms with E-state index in [1.165, 1.54) is 19.2 Å². The molecule has 0 unspecified atom stereocenters. The van der Waals surface area contributed by atoms with Crippen LogP contribution in [0.3, 0.4) is 0 Å². The molecule has 0 aliphatic rings. The second-order valence-electron chi connectivity index (χ2n) is 5.10. The lowest BCUT2D eigenvalue weighted by Gasteiger charge is -2.18. The van der Waals surface area contributed by atoms with E-state index in [-0.39, 0.29) is 10.8 Å². The molecule has 0 radical (unpaired) electrons. The van der Waals surface area contributed by atoms with Crippen molar-refractivity contribution in [2.24, 2.45) is 5.92 Å². The molecule has 0 aliphatic carbocycles. The lowest BCUT2D eigenvalue weighted by Crippen LogP contribution is -2.42. The lowest BCUT2D eigenvalue weighted by molar-refractivity contribution is -0.143. The maximum Gasteiger partial charge on any atom is 0.323 e. The predicted octanol–water partition coefficient (Wildman–Crippen LogP) is 2.45. The minimum Gasteiger partial charge on any atom is -0.468 e. The third-order valence-electron chi connectivity index (χ3n) is 2.88. The van der Waals surface area contributed by atoms with Crippen LogP contribution in [0.5, 0.6) is 0 Å². The number of methoxy groups -OCH3 is 1. The van der Waals surface area contributed by atoms with Crippen LogP contribution in [0.4, 0.5) is 0 Å². The van der Waals surface area contributed by atoms with Crippen LogP contribution >= 0.6 is 15.9 Å². The van der Waals surface area contributed by atoms with Crippen LogP contribution in [-0.2, 0) is 24.9 Å². The summed E-state index contributed by atoms with van der Waals surface area (Å²) in [6.45, 7) is 3.82. The number of halogens is 1. The Balaban J connectivity index is 2.96. The predicted molar refractivity (Wildman–Crippen MR) is 84.7 cm³/mol. The first-order valence-corrected chi connectivity index (χ1v) is 9.15. The van der Waals surface area contributed by atoms with Gasteiger partial charge in [0.1, 0.15) is 6.04 Å². The van der Waals surface area contributed by atoms with E-state index < -0.39 is 22.0 Å². The Morgan fingerprint density at radius 1 is 1.29 bits per heavy atom. The van der Waals surface area contributed by atoms with Crippen molar-refractivity contribution in [2.75, 3.05) is 7.11 Å². The van der Waals surface area contributed by atoms with Crippen LogP contribution in [0.25, 0.3) is 0 Å². The Hall–Kier alpha value is -0.920. The van der Waals surface area contributed by atoms with Crippen LogP contribution in [0.15, 0.2) is 29.2 Å². The lowest BCUT2D eigenvalue weighted by atomic mass is 10.1. The van der Waals surface area contributed by atoms with Crippen molar-refractivity contribution < 1.29 is 17.9 Å². The average molecular weight is 378 g/mol. The molecular formula is C14H20BrNO4S. The SMILES string of the molecule is COC(=O)[C@H](CC(C)C)NS(=O)(=O)c1ccc(CBr)cc1. The molecule has 0 amide bonds. The molecule has 1 N–H and O–H groups in total. The standard InChI is InChI=1S/C14H20BrNO4S/c1-10(2)8-13(14(17)20-3)16-21(18,19)12-6-4-11(9-15)5-7-12/h4-7,10,13,16H,8-9H2,1-3H3/t13-/m0/s1. The molecule has 0 bridgehead atoms. The first kappa shape index (κ1) is 18.1. The van der Waals surface area contributed by atoms with Gasteiger partial charge in [-0.25, -0.2) is 8.42 Å². The summed E-state index contributed by atoms with van der Waals surface area (Å²) in [6, 6.07) is 5.60. The molecule has 0 spiro atoms. The monoisotopic (exact) mass is 377 g/mol. The summed E-state index contributed by atoms with van der Waals surface area (Å²) in [5.41, 5.74) is 0.973. The number of ether oxygens (including phenoxy) is 1. The second kappa shape index (κ2) is 7.91. The number of rotatable bonds is 7. The van der Waals surface area contributed by atoms with Crippen molar-refractivity contribution in [3.05, 3.63) is 29.8 Å². The number of hydrogen-bond donors (Lipinski definition) is 1. The van der Waals surface area contributed by atoms with Crippen LogP contribution in [0.2, 0.25) is 0 Å². The van der Waals surface area contributed by atoms with E-state index in [4.69, 9.17) is 0 Å². The molecule has 0 fully saturated rings. The molecular weight excluding hydrogens is 358 g/mol. The average Bonchev–Trinajstić information content (AvgIpc) is 2.45. The van der Waals surface area contributed by atoms with E-state index in [2.05, 4.69) is 25.4 Å². The molecule has 5 nitrogen and oxygen atoms in total. The molecule has 1 aromatic carbocycles.